The maximum atomic E-state index is 13.7. The molecule has 8 heteroatoms. The van der Waals surface area contributed by atoms with E-state index < -0.39 is 24.1 Å². The maximum Gasteiger partial charge on any atom is 0.246 e. The number of ether oxygens (including phenoxy) is 1. The van der Waals surface area contributed by atoms with E-state index in [0.717, 1.165) is 52.6 Å². The highest BCUT2D eigenvalue weighted by Gasteiger charge is 2.28. The van der Waals surface area contributed by atoms with Crippen molar-refractivity contribution >= 4 is 23.6 Å². The molecule has 4 aromatic carbocycles. The molecule has 2 amide bonds. The molecule has 0 fully saturated rings. The van der Waals surface area contributed by atoms with Gasteiger partial charge in [0.2, 0.25) is 11.8 Å². The van der Waals surface area contributed by atoms with Gasteiger partial charge in [-0.15, -0.1) is 0 Å². The van der Waals surface area contributed by atoms with E-state index >= 15 is 0 Å². The lowest BCUT2D eigenvalue weighted by molar-refractivity contribution is -0.251. The van der Waals surface area contributed by atoms with Gasteiger partial charge in [-0.2, -0.15) is 0 Å². The van der Waals surface area contributed by atoms with Crippen molar-refractivity contribution in [1.29, 1.82) is 0 Å². The van der Waals surface area contributed by atoms with E-state index in [1.54, 1.807) is 24.3 Å². The molecule has 1 aliphatic rings. The molecule has 0 aliphatic heterocycles. The largest absolute Gasteiger partial charge is 0.599 e. The molecule has 4 aromatic rings. The summed E-state index contributed by atoms with van der Waals surface area (Å²) in [4.78, 5) is 31.3. The number of benzene rings is 4. The Bertz CT molecular complexity index is 1590. The number of carbonyl (C=O) groups is 2. The zero-order valence-corrected chi connectivity index (χ0v) is 26.0. The third kappa shape index (κ3) is 8.20. The zero-order chi connectivity index (χ0) is 32.3. The van der Waals surface area contributed by atoms with E-state index in [9.17, 15) is 19.8 Å². The van der Waals surface area contributed by atoms with Crippen LogP contribution < -0.4 is 15.7 Å². The Labute approximate surface area is 270 Å². The van der Waals surface area contributed by atoms with E-state index in [-0.39, 0.29) is 31.5 Å². The molecule has 8 nitrogen and oxygen atoms in total. The lowest BCUT2D eigenvalue weighted by Gasteiger charge is -2.24. The van der Waals surface area contributed by atoms with Crippen LogP contribution in [0.25, 0.3) is 11.1 Å². The minimum Gasteiger partial charge on any atom is -0.599 e. The molecule has 238 valence electrons. The molecule has 2 atom stereocenters. The van der Waals surface area contributed by atoms with Crippen LogP contribution in [0.5, 0.6) is 0 Å². The van der Waals surface area contributed by atoms with Gasteiger partial charge in [-0.25, -0.2) is 0 Å². The minimum absolute atomic E-state index is 0.0904. The Morgan fingerprint density at radius 1 is 0.826 bits per heavy atom. The Kier molecular flexibility index (Phi) is 11.2. The maximum absolute atomic E-state index is 13.7. The summed E-state index contributed by atoms with van der Waals surface area (Å²) in [6.07, 6.45) is 2.38. The van der Waals surface area contributed by atoms with Crippen LogP contribution in [0, 0.1) is 0 Å². The fraction of sp³-hybridized carbons (Fsp3) is 0.289. The van der Waals surface area contributed by atoms with Crippen LogP contribution in [-0.2, 0) is 27.4 Å². The Morgan fingerprint density at radius 3 is 2.09 bits per heavy atom. The topological polar surface area (TPSA) is 123 Å². The standard InChI is InChI=1S/C38H41N3O5/c1-2-3-5-18-34(36(43)39-28-21-19-27(24-42)20-22-28)40-37(44)35(23-26-12-6-4-7-13-26)41-38(45)46-25-33-31-16-10-8-14-29(31)30-15-9-11-17-32(30)33/h4,6-17,19-22,33-35,42H,2-3,5,18,23-25H2,1H3,(H,39,43)(H,40,44)(H,41,45)/p-1/t34-,35+/m0/s1. The molecular formula is C38H40N3O5-. The number of hydrogen-bond donors (Lipinski definition) is 3. The summed E-state index contributed by atoms with van der Waals surface area (Å²) < 4.78 is 5.71. The van der Waals surface area contributed by atoms with Gasteiger partial charge in [0.25, 0.3) is 0 Å². The number of nitrogens with one attached hydrogen (secondary N) is 2. The number of aliphatic imine (C=N–C) groups is 1. The average Bonchev–Trinajstić information content (AvgIpc) is 3.41. The highest BCUT2D eigenvalue weighted by molar-refractivity contribution is 5.98. The Hall–Kier alpha value is -4.95. The number of anilines is 1. The van der Waals surface area contributed by atoms with Crippen LogP contribution in [0.3, 0.4) is 0 Å². The smallest absolute Gasteiger partial charge is 0.246 e. The van der Waals surface area contributed by atoms with Gasteiger partial charge in [-0.1, -0.05) is 117 Å². The monoisotopic (exact) mass is 618 g/mol. The average molecular weight is 619 g/mol. The summed E-state index contributed by atoms with van der Waals surface area (Å²) in [5.74, 6) is -1.02. The molecule has 0 heterocycles. The van der Waals surface area contributed by atoms with Gasteiger partial charge in [0.15, 0.2) is 0 Å². The fourth-order valence-electron chi connectivity index (χ4n) is 5.85. The summed E-state index contributed by atoms with van der Waals surface area (Å²) in [5.41, 5.74) is 6.52. The van der Waals surface area contributed by atoms with Gasteiger partial charge >= 0.3 is 0 Å². The predicted molar refractivity (Wildman–Crippen MR) is 178 cm³/mol. The molecular weight excluding hydrogens is 578 g/mol. The van der Waals surface area contributed by atoms with Crippen LogP contribution in [0.1, 0.15) is 60.8 Å². The number of amides is 2. The molecule has 0 aromatic heterocycles. The van der Waals surface area contributed by atoms with Gasteiger partial charge in [-0.05, 0) is 51.9 Å². The van der Waals surface area contributed by atoms with Gasteiger partial charge in [0.1, 0.15) is 18.2 Å². The quantitative estimate of drug-likeness (QED) is 0.100. The third-order valence-corrected chi connectivity index (χ3v) is 8.31. The summed E-state index contributed by atoms with van der Waals surface area (Å²) in [6, 6.07) is 30.4. The SMILES string of the molecule is CCCCC[C@H](NC(=O)[C@@H](Cc1ccccc1)N=C([O-])OCC1c2ccccc2-c2ccccc21)C(=O)Nc1ccc(CO)cc1. The molecule has 0 saturated heterocycles. The molecule has 3 N–H and O–H groups in total. The first-order valence-corrected chi connectivity index (χ1v) is 15.9. The van der Waals surface area contributed by atoms with E-state index in [1.165, 1.54) is 0 Å². The summed E-state index contributed by atoms with van der Waals surface area (Å²) in [7, 11) is 0. The van der Waals surface area contributed by atoms with Crippen molar-refractivity contribution in [2.75, 3.05) is 11.9 Å². The second kappa shape index (κ2) is 15.9. The van der Waals surface area contributed by atoms with Crippen LogP contribution in [0.4, 0.5) is 5.69 Å². The summed E-state index contributed by atoms with van der Waals surface area (Å²) in [6.45, 7) is 2.06. The van der Waals surface area contributed by atoms with Gasteiger partial charge in [0, 0.05) is 24.6 Å². The number of carbonyl (C=O) groups excluding carboxylic acids is 2. The van der Waals surface area contributed by atoms with Crippen LogP contribution in [-0.4, -0.2) is 41.7 Å². The fourth-order valence-corrected chi connectivity index (χ4v) is 5.85. The lowest BCUT2D eigenvalue weighted by Crippen LogP contribution is -2.48. The van der Waals surface area contributed by atoms with Crippen molar-refractivity contribution in [2.45, 2.75) is 63.6 Å². The van der Waals surface area contributed by atoms with Crippen molar-refractivity contribution < 1.29 is 24.5 Å². The number of unbranched alkanes of at least 4 members (excludes halogenated alkanes) is 2. The van der Waals surface area contributed by atoms with E-state index in [0.29, 0.717) is 12.1 Å². The molecule has 5 rings (SSSR count). The molecule has 46 heavy (non-hydrogen) atoms. The molecule has 0 bridgehead atoms. The van der Waals surface area contributed by atoms with Crippen molar-refractivity contribution in [1.82, 2.24) is 5.32 Å². The highest BCUT2D eigenvalue weighted by Crippen LogP contribution is 2.44. The molecule has 0 radical (unpaired) electrons. The highest BCUT2D eigenvalue weighted by atomic mass is 16.6. The van der Waals surface area contributed by atoms with Crippen LogP contribution >= 0.6 is 0 Å². The van der Waals surface area contributed by atoms with Crippen LogP contribution in [0.2, 0.25) is 0 Å². The minimum atomic E-state index is -1.09. The van der Waals surface area contributed by atoms with Crippen molar-refractivity contribution in [3.8, 4) is 11.1 Å². The Morgan fingerprint density at radius 2 is 1.46 bits per heavy atom. The van der Waals surface area contributed by atoms with E-state index in [1.807, 2.05) is 66.7 Å². The van der Waals surface area contributed by atoms with Crippen molar-refractivity contribution in [2.24, 2.45) is 4.99 Å². The van der Waals surface area contributed by atoms with Gasteiger partial charge < -0.3 is 25.6 Å². The lowest BCUT2D eigenvalue weighted by atomic mass is 9.98. The van der Waals surface area contributed by atoms with Gasteiger partial charge in [-0.3, -0.25) is 14.6 Å². The molecule has 0 saturated carbocycles. The number of fused-ring (bicyclic) bond motifs is 3. The number of nitrogens with zero attached hydrogens (tertiary/aromatic N) is 1. The predicted octanol–water partition coefficient (Wildman–Crippen LogP) is 5.34. The third-order valence-electron chi connectivity index (χ3n) is 8.31. The second-order valence-corrected chi connectivity index (χ2v) is 11.5. The van der Waals surface area contributed by atoms with Crippen LogP contribution in [0.15, 0.2) is 108 Å². The first-order chi connectivity index (χ1) is 22.5. The van der Waals surface area contributed by atoms with Crippen molar-refractivity contribution in [3.63, 3.8) is 0 Å². The zero-order valence-electron chi connectivity index (χ0n) is 26.0. The van der Waals surface area contributed by atoms with E-state index in [4.69, 9.17) is 4.74 Å². The van der Waals surface area contributed by atoms with Gasteiger partial charge in [0.05, 0.1) is 6.61 Å². The molecule has 1 aliphatic carbocycles. The summed E-state index contributed by atoms with van der Waals surface area (Å²) in [5, 5.41) is 28.3. The normalized spacial score (nSPS) is 13.7. The number of aliphatic hydroxyl groups is 1. The molecule has 0 spiro atoms. The van der Waals surface area contributed by atoms with Crippen molar-refractivity contribution in [3.05, 3.63) is 125 Å². The number of hydrogen-bond acceptors (Lipinski definition) is 6. The number of aliphatic hydroxyl groups excluding tert-OH is 1. The first-order valence-electron chi connectivity index (χ1n) is 15.9. The molecule has 0 unspecified atom stereocenters. The summed E-state index contributed by atoms with van der Waals surface area (Å²) >= 11 is 0. The Balaban J connectivity index is 1.32. The van der Waals surface area contributed by atoms with E-state index in [2.05, 4.69) is 34.7 Å². The second-order valence-electron chi connectivity index (χ2n) is 11.5. The number of rotatable bonds is 14. The first kappa shape index (κ1) is 32.4.